The smallest absolute Gasteiger partial charge is 0.246 e. The number of methoxy groups -OCH3 is 1. The predicted octanol–water partition coefficient (Wildman–Crippen LogP) is 4.32. The van der Waals surface area contributed by atoms with Gasteiger partial charge in [0.05, 0.1) is 12.8 Å². The van der Waals surface area contributed by atoms with Crippen LogP contribution in [0.4, 0.5) is 11.4 Å². The molecule has 0 spiro atoms. The van der Waals surface area contributed by atoms with Crippen molar-refractivity contribution in [2.24, 2.45) is 0 Å². The molecule has 1 aliphatic rings. The number of carbonyl (C=O) groups excluding carboxylic acids is 1. The van der Waals surface area contributed by atoms with Crippen molar-refractivity contribution < 1.29 is 9.53 Å². The van der Waals surface area contributed by atoms with Gasteiger partial charge in [-0.2, -0.15) is 0 Å². The van der Waals surface area contributed by atoms with Crippen molar-refractivity contribution in [3.05, 3.63) is 53.1 Å². The number of fused-ring (bicyclic) bond motifs is 1. The third-order valence-electron chi connectivity index (χ3n) is 4.77. The molecule has 132 valence electrons. The molecule has 4 heteroatoms. The van der Waals surface area contributed by atoms with E-state index in [4.69, 9.17) is 4.74 Å². The van der Waals surface area contributed by atoms with Crippen molar-refractivity contribution in [3.8, 4) is 5.75 Å². The first kappa shape index (κ1) is 17.3. The van der Waals surface area contributed by atoms with Crippen LogP contribution in [0, 0.1) is 6.92 Å². The molecule has 0 heterocycles. The van der Waals surface area contributed by atoms with Gasteiger partial charge in [0.25, 0.3) is 0 Å². The van der Waals surface area contributed by atoms with Crippen molar-refractivity contribution in [2.45, 2.75) is 45.6 Å². The van der Waals surface area contributed by atoms with Gasteiger partial charge in [-0.3, -0.25) is 4.79 Å². The van der Waals surface area contributed by atoms with Gasteiger partial charge in [0.15, 0.2) is 0 Å². The number of benzene rings is 2. The Labute approximate surface area is 149 Å². The Balaban J connectivity index is 1.73. The van der Waals surface area contributed by atoms with E-state index in [1.54, 1.807) is 7.11 Å². The number of nitrogens with one attached hydrogen (secondary N) is 2. The van der Waals surface area contributed by atoms with E-state index in [0.717, 1.165) is 24.1 Å². The number of rotatable bonds is 5. The van der Waals surface area contributed by atoms with Crippen LogP contribution in [0.2, 0.25) is 0 Å². The lowest BCUT2D eigenvalue weighted by atomic mass is 9.90. The Morgan fingerprint density at radius 2 is 1.92 bits per heavy atom. The first-order valence-corrected chi connectivity index (χ1v) is 8.91. The zero-order valence-electron chi connectivity index (χ0n) is 15.2. The minimum atomic E-state index is -0.335. The van der Waals surface area contributed by atoms with Gasteiger partial charge in [0, 0.05) is 5.69 Å². The number of aryl methyl sites for hydroxylation is 2. The minimum Gasteiger partial charge on any atom is -0.495 e. The molecule has 2 aromatic carbocycles. The lowest BCUT2D eigenvalue weighted by Crippen LogP contribution is -2.32. The van der Waals surface area contributed by atoms with Crippen molar-refractivity contribution >= 4 is 17.3 Å². The topological polar surface area (TPSA) is 50.4 Å². The second-order valence-corrected chi connectivity index (χ2v) is 6.71. The molecule has 0 saturated heterocycles. The largest absolute Gasteiger partial charge is 0.495 e. The summed E-state index contributed by atoms with van der Waals surface area (Å²) >= 11 is 0. The van der Waals surface area contributed by atoms with E-state index in [0.29, 0.717) is 11.4 Å². The van der Waals surface area contributed by atoms with Gasteiger partial charge in [-0.25, -0.2) is 0 Å². The van der Waals surface area contributed by atoms with Crippen LogP contribution >= 0.6 is 0 Å². The molecule has 1 atom stereocenters. The van der Waals surface area contributed by atoms with Crippen molar-refractivity contribution in [3.63, 3.8) is 0 Å². The molecule has 0 aliphatic heterocycles. The second kappa shape index (κ2) is 7.60. The molecule has 2 aromatic rings. The van der Waals surface area contributed by atoms with Crippen LogP contribution in [0.5, 0.6) is 5.75 Å². The summed E-state index contributed by atoms with van der Waals surface area (Å²) in [6.45, 7) is 3.88. The fraction of sp³-hybridized carbons (Fsp3) is 0.381. The van der Waals surface area contributed by atoms with Gasteiger partial charge >= 0.3 is 0 Å². The van der Waals surface area contributed by atoms with Crippen LogP contribution in [0.1, 0.15) is 36.5 Å². The Hall–Kier alpha value is -2.49. The first-order chi connectivity index (χ1) is 12.1. The zero-order valence-corrected chi connectivity index (χ0v) is 15.2. The number of carbonyl (C=O) groups is 1. The van der Waals surface area contributed by atoms with Gasteiger partial charge in [0.2, 0.25) is 5.91 Å². The highest BCUT2D eigenvalue weighted by atomic mass is 16.5. The summed E-state index contributed by atoms with van der Waals surface area (Å²) in [5, 5.41) is 6.37. The van der Waals surface area contributed by atoms with E-state index >= 15 is 0 Å². The van der Waals surface area contributed by atoms with E-state index in [1.807, 2.05) is 32.0 Å². The number of amides is 1. The molecule has 1 aliphatic carbocycles. The molecule has 2 N–H and O–H groups in total. The first-order valence-electron chi connectivity index (χ1n) is 8.91. The highest BCUT2D eigenvalue weighted by Gasteiger charge is 2.18. The van der Waals surface area contributed by atoms with E-state index in [9.17, 15) is 4.79 Å². The van der Waals surface area contributed by atoms with Crippen LogP contribution < -0.4 is 15.4 Å². The fourth-order valence-electron chi connectivity index (χ4n) is 3.38. The molecule has 4 nitrogen and oxygen atoms in total. The van der Waals surface area contributed by atoms with E-state index < -0.39 is 0 Å². The maximum atomic E-state index is 12.6. The Morgan fingerprint density at radius 3 is 2.72 bits per heavy atom. The molecule has 0 fully saturated rings. The molecule has 0 aromatic heterocycles. The molecule has 0 radical (unpaired) electrons. The van der Waals surface area contributed by atoms with Gasteiger partial charge in [-0.1, -0.05) is 18.2 Å². The second-order valence-electron chi connectivity index (χ2n) is 6.71. The van der Waals surface area contributed by atoms with Crippen molar-refractivity contribution in [1.82, 2.24) is 0 Å². The molecule has 3 rings (SSSR count). The molecule has 0 bridgehead atoms. The average molecular weight is 338 g/mol. The van der Waals surface area contributed by atoms with Crippen LogP contribution in [-0.2, 0) is 17.6 Å². The minimum absolute atomic E-state index is 0.0719. The maximum absolute atomic E-state index is 12.6. The quantitative estimate of drug-likeness (QED) is 0.853. The van der Waals surface area contributed by atoms with Gasteiger partial charge in [-0.05, 0) is 74.4 Å². The highest BCUT2D eigenvalue weighted by molar-refractivity contribution is 5.97. The van der Waals surface area contributed by atoms with Crippen LogP contribution in [0.3, 0.4) is 0 Å². The summed E-state index contributed by atoms with van der Waals surface area (Å²) in [6.07, 6.45) is 4.68. The van der Waals surface area contributed by atoms with Gasteiger partial charge in [0.1, 0.15) is 11.8 Å². The molecule has 25 heavy (non-hydrogen) atoms. The van der Waals surface area contributed by atoms with Gasteiger partial charge in [-0.15, -0.1) is 0 Å². The van der Waals surface area contributed by atoms with Crippen molar-refractivity contribution in [2.75, 3.05) is 17.7 Å². The summed E-state index contributed by atoms with van der Waals surface area (Å²) in [5.41, 5.74) is 5.63. The van der Waals surface area contributed by atoms with Crippen LogP contribution in [0.15, 0.2) is 36.4 Å². The summed E-state index contributed by atoms with van der Waals surface area (Å²) in [6, 6.07) is 11.8. The van der Waals surface area contributed by atoms with Gasteiger partial charge < -0.3 is 15.4 Å². The summed E-state index contributed by atoms with van der Waals surface area (Å²) < 4.78 is 5.34. The number of hydrogen-bond donors (Lipinski definition) is 2. The van der Waals surface area contributed by atoms with Crippen LogP contribution in [-0.4, -0.2) is 19.1 Å². The highest BCUT2D eigenvalue weighted by Crippen LogP contribution is 2.29. The number of hydrogen-bond acceptors (Lipinski definition) is 3. The van der Waals surface area contributed by atoms with Crippen LogP contribution in [0.25, 0.3) is 0 Å². The summed E-state index contributed by atoms with van der Waals surface area (Å²) in [4.78, 5) is 12.6. The monoisotopic (exact) mass is 338 g/mol. The van der Waals surface area contributed by atoms with E-state index in [-0.39, 0.29) is 11.9 Å². The third-order valence-corrected chi connectivity index (χ3v) is 4.77. The normalized spacial score (nSPS) is 14.4. The molecule has 0 unspecified atom stereocenters. The predicted molar refractivity (Wildman–Crippen MR) is 103 cm³/mol. The Kier molecular flexibility index (Phi) is 5.27. The summed E-state index contributed by atoms with van der Waals surface area (Å²) in [5.74, 6) is 0.598. The molecule has 0 saturated carbocycles. The third kappa shape index (κ3) is 3.95. The van der Waals surface area contributed by atoms with E-state index in [2.05, 4.69) is 28.8 Å². The average Bonchev–Trinajstić information content (AvgIpc) is 2.62. The Bertz CT molecular complexity index is 770. The standard InChI is InChI=1S/C21H26N2O2/c1-14-11-12-20(25-3)19(13-14)23-21(24)15(2)22-18-10-6-8-16-7-4-5-9-17(16)18/h6,8,10-13,15,22H,4-5,7,9H2,1-3H3,(H,23,24)/t15-/m1/s1. The fourth-order valence-corrected chi connectivity index (χ4v) is 3.38. The Morgan fingerprint density at radius 1 is 1.12 bits per heavy atom. The number of anilines is 2. The molecule has 1 amide bonds. The lowest BCUT2D eigenvalue weighted by Gasteiger charge is -2.23. The zero-order chi connectivity index (χ0) is 17.8. The SMILES string of the molecule is COc1ccc(C)cc1NC(=O)[C@@H](C)Nc1cccc2c1CCCC2. The van der Waals surface area contributed by atoms with Crippen molar-refractivity contribution in [1.29, 1.82) is 0 Å². The van der Waals surface area contributed by atoms with E-state index in [1.165, 1.54) is 24.0 Å². The molecular weight excluding hydrogens is 312 g/mol. The molecular formula is C21H26N2O2. The lowest BCUT2D eigenvalue weighted by molar-refractivity contribution is -0.116. The number of ether oxygens (including phenoxy) is 1. The summed E-state index contributed by atoms with van der Waals surface area (Å²) in [7, 11) is 1.61. The maximum Gasteiger partial charge on any atom is 0.246 e.